The fourth-order valence-electron chi connectivity index (χ4n) is 2.15. The number of methoxy groups -OCH3 is 1. The molecule has 0 aliphatic rings. The van der Waals surface area contributed by atoms with Crippen molar-refractivity contribution in [1.29, 1.82) is 0 Å². The molecule has 0 spiro atoms. The molecule has 1 aromatic rings. The first-order valence-electron chi connectivity index (χ1n) is 7.33. The van der Waals surface area contributed by atoms with Crippen molar-refractivity contribution in [1.82, 2.24) is 5.32 Å². The first-order chi connectivity index (χ1) is 9.60. The summed E-state index contributed by atoms with van der Waals surface area (Å²) in [5.74, 6) is 0. The highest BCUT2D eigenvalue weighted by molar-refractivity contribution is 9.10. The van der Waals surface area contributed by atoms with E-state index in [4.69, 9.17) is 4.74 Å². The zero-order chi connectivity index (χ0) is 15.0. The maximum Gasteiger partial charge on any atom is 0.0508 e. The molecule has 4 heteroatoms. The minimum absolute atomic E-state index is 0.388. The summed E-state index contributed by atoms with van der Waals surface area (Å²) in [6.45, 7) is 7.25. The highest BCUT2D eigenvalue weighted by atomic mass is 79.9. The van der Waals surface area contributed by atoms with Gasteiger partial charge in [-0.3, -0.25) is 0 Å². The van der Waals surface area contributed by atoms with Crippen LogP contribution in [0.1, 0.15) is 38.3 Å². The van der Waals surface area contributed by atoms with E-state index in [0.29, 0.717) is 6.04 Å². The molecule has 0 bridgehead atoms. The lowest BCUT2D eigenvalue weighted by molar-refractivity contribution is 0.196. The number of rotatable bonds is 9. The van der Waals surface area contributed by atoms with Crippen molar-refractivity contribution in [3.8, 4) is 0 Å². The van der Waals surface area contributed by atoms with Gasteiger partial charge in [-0.15, -0.1) is 0 Å². The molecule has 1 atom stereocenters. The van der Waals surface area contributed by atoms with Crippen molar-refractivity contribution in [3.63, 3.8) is 0 Å². The Morgan fingerprint density at radius 1 is 1.40 bits per heavy atom. The monoisotopic (exact) mass is 342 g/mol. The normalized spacial score (nSPS) is 12.4. The van der Waals surface area contributed by atoms with Gasteiger partial charge in [0.2, 0.25) is 0 Å². The van der Waals surface area contributed by atoms with E-state index in [-0.39, 0.29) is 0 Å². The average molecular weight is 343 g/mol. The summed E-state index contributed by atoms with van der Waals surface area (Å²) >= 11 is 3.69. The second-order valence-corrected chi connectivity index (χ2v) is 6.01. The van der Waals surface area contributed by atoms with Gasteiger partial charge in [0, 0.05) is 37.8 Å². The van der Waals surface area contributed by atoms with Gasteiger partial charge in [-0.1, -0.05) is 13.0 Å². The van der Waals surface area contributed by atoms with Crippen LogP contribution in [0.2, 0.25) is 0 Å². The van der Waals surface area contributed by atoms with Crippen molar-refractivity contribution in [3.05, 3.63) is 28.2 Å². The summed E-state index contributed by atoms with van der Waals surface area (Å²) in [5.41, 5.74) is 2.55. The molecule has 0 aliphatic carbocycles. The van der Waals surface area contributed by atoms with E-state index in [1.54, 1.807) is 7.11 Å². The summed E-state index contributed by atoms with van der Waals surface area (Å²) in [6, 6.07) is 7.01. The SMILES string of the molecule is CCCNC(C)c1ccc(N(C)CCCOC)c(Br)c1. The van der Waals surface area contributed by atoms with Gasteiger partial charge in [0.05, 0.1) is 5.69 Å². The number of nitrogens with zero attached hydrogens (tertiary/aromatic N) is 1. The van der Waals surface area contributed by atoms with Crippen molar-refractivity contribution in [2.45, 2.75) is 32.7 Å². The molecule has 0 heterocycles. The molecule has 1 rings (SSSR count). The molecular formula is C16H27BrN2O. The molecule has 0 aliphatic heterocycles. The molecule has 114 valence electrons. The minimum atomic E-state index is 0.388. The first kappa shape index (κ1) is 17.5. The highest BCUT2D eigenvalue weighted by Gasteiger charge is 2.10. The lowest BCUT2D eigenvalue weighted by atomic mass is 10.1. The van der Waals surface area contributed by atoms with Gasteiger partial charge in [0.25, 0.3) is 0 Å². The van der Waals surface area contributed by atoms with Crippen LogP contribution >= 0.6 is 15.9 Å². The van der Waals surface area contributed by atoms with Crippen molar-refractivity contribution >= 4 is 21.6 Å². The van der Waals surface area contributed by atoms with Gasteiger partial charge in [-0.05, 0) is 59.9 Å². The van der Waals surface area contributed by atoms with Crippen LogP contribution in [0.4, 0.5) is 5.69 Å². The number of halogens is 1. The summed E-state index contributed by atoms with van der Waals surface area (Å²) in [4.78, 5) is 2.26. The van der Waals surface area contributed by atoms with Crippen LogP contribution in [0.25, 0.3) is 0 Å². The van der Waals surface area contributed by atoms with Crippen LogP contribution in [-0.4, -0.2) is 33.9 Å². The fraction of sp³-hybridized carbons (Fsp3) is 0.625. The molecule has 0 amide bonds. The van der Waals surface area contributed by atoms with Crippen molar-refractivity contribution < 1.29 is 4.74 Å². The number of hydrogen-bond donors (Lipinski definition) is 1. The van der Waals surface area contributed by atoms with Gasteiger partial charge in [0.15, 0.2) is 0 Å². The Morgan fingerprint density at radius 3 is 2.75 bits per heavy atom. The second kappa shape index (κ2) is 9.37. The Morgan fingerprint density at radius 2 is 2.15 bits per heavy atom. The third-order valence-corrected chi connectivity index (χ3v) is 4.06. The third-order valence-electron chi connectivity index (χ3n) is 3.43. The number of ether oxygens (including phenoxy) is 1. The number of anilines is 1. The van der Waals surface area contributed by atoms with Gasteiger partial charge < -0.3 is 15.0 Å². The molecule has 20 heavy (non-hydrogen) atoms. The van der Waals surface area contributed by atoms with E-state index in [2.05, 4.69) is 65.2 Å². The van der Waals surface area contributed by atoms with Crippen LogP contribution in [0, 0.1) is 0 Å². The van der Waals surface area contributed by atoms with E-state index in [9.17, 15) is 0 Å². The molecule has 1 unspecified atom stereocenters. The van der Waals surface area contributed by atoms with Gasteiger partial charge in [0.1, 0.15) is 0 Å². The zero-order valence-corrected chi connectivity index (χ0v) is 14.7. The van der Waals surface area contributed by atoms with Crippen LogP contribution in [0.3, 0.4) is 0 Å². The van der Waals surface area contributed by atoms with Crippen LogP contribution in [0.15, 0.2) is 22.7 Å². The summed E-state index contributed by atoms with van der Waals surface area (Å²) < 4.78 is 6.25. The number of nitrogens with one attached hydrogen (secondary N) is 1. The lowest BCUT2D eigenvalue weighted by Crippen LogP contribution is -2.21. The molecule has 0 saturated carbocycles. The highest BCUT2D eigenvalue weighted by Crippen LogP contribution is 2.28. The van der Waals surface area contributed by atoms with E-state index in [1.165, 1.54) is 11.3 Å². The quantitative estimate of drug-likeness (QED) is 0.687. The molecule has 0 radical (unpaired) electrons. The smallest absolute Gasteiger partial charge is 0.0508 e. The fourth-order valence-corrected chi connectivity index (χ4v) is 2.85. The first-order valence-corrected chi connectivity index (χ1v) is 8.12. The maximum absolute atomic E-state index is 5.10. The van der Waals surface area contributed by atoms with Crippen LogP contribution in [0.5, 0.6) is 0 Å². The van der Waals surface area contributed by atoms with E-state index >= 15 is 0 Å². The molecule has 1 N–H and O–H groups in total. The third kappa shape index (κ3) is 5.43. The average Bonchev–Trinajstić information content (AvgIpc) is 2.44. The Labute approximate surface area is 131 Å². The number of hydrogen-bond acceptors (Lipinski definition) is 3. The Bertz CT molecular complexity index is 398. The Balaban J connectivity index is 2.67. The van der Waals surface area contributed by atoms with E-state index in [0.717, 1.165) is 37.0 Å². The maximum atomic E-state index is 5.10. The predicted molar refractivity (Wildman–Crippen MR) is 90.6 cm³/mol. The van der Waals surface area contributed by atoms with Crippen LogP contribution < -0.4 is 10.2 Å². The minimum Gasteiger partial charge on any atom is -0.385 e. The zero-order valence-electron chi connectivity index (χ0n) is 13.1. The Hall–Kier alpha value is -0.580. The Kier molecular flexibility index (Phi) is 8.19. The summed E-state index contributed by atoms with van der Waals surface area (Å²) in [6.07, 6.45) is 2.20. The predicted octanol–water partition coefficient (Wildman–Crippen LogP) is 3.98. The van der Waals surface area contributed by atoms with Crippen molar-refractivity contribution in [2.75, 3.05) is 38.8 Å². The largest absolute Gasteiger partial charge is 0.385 e. The summed E-state index contributed by atoms with van der Waals surface area (Å²) in [7, 11) is 3.86. The standard InChI is InChI=1S/C16H27BrN2O/c1-5-9-18-13(2)14-7-8-16(15(17)12-14)19(3)10-6-11-20-4/h7-8,12-13,18H,5-6,9-11H2,1-4H3. The number of benzene rings is 1. The molecular weight excluding hydrogens is 316 g/mol. The topological polar surface area (TPSA) is 24.5 Å². The van der Waals surface area contributed by atoms with E-state index in [1.807, 2.05) is 0 Å². The van der Waals surface area contributed by atoms with Gasteiger partial charge in [-0.2, -0.15) is 0 Å². The second-order valence-electron chi connectivity index (χ2n) is 5.15. The molecule has 0 fully saturated rings. The lowest BCUT2D eigenvalue weighted by Gasteiger charge is -2.22. The van der Waals surface area contributed by atoms with Crippen molar-refractivity contribution in [2.24, 2.45) is 0 Å². The van der Waals surface area contributed by atoms with Gasteiger partial charge >= 0.3 is 0 Å². The molecule has 3 nitrogen and oxygen atoms in total. The molecule has 1 aromatic carbocycles. The summed E-state index contributed by atoms with van der Waals surface area (Å²) in [5, 5.41) is 3.52. The van der Waals surface area contributed by atoms with Crippen LogP contribution in [-0.2, 0) is 4.74 Å². The molecule has 0 aromatic heterocycles. The van der Waals surface area contributed by atoms with Gasteiger partial charge in [-0.25, -0.2) is 0 Å². The molecule has 0 saturated heterocycles. The van der Waals surface area contributed by atoms with E-state index < -0.39 is 0 Å².